The zero-order chi connectivity index (χ0) is 27.1. The second kappa shape index (κ2) is 10.7. The van der Waals surface area contributed by atoms with Crippen molar-refractivity contribution in [1.82, 2.24) is 39.0 Å². The number of hydrogen-bond donors (Lipinski definition) is 6. The average molecular weight is 571 g/mol. The van der Waals surface area contributed by atoms with Crippen molar-refractivity contribution in [2.75, 3.05) is 24.7 Å². The van der Waals surface area contributed by atoms with Crippen molar-refractivity contribution in [2.45, 2.75) is 49.7 Å². The van der Waals surface area contributed by atoms with Gasteiger partial charge in [-0.15, -0.1) is 0 Å². The predicted octanol–water partition coefficient (Wildman–Crippen LogP) is -0.595. The number of hydrogen-bond acceptors (Lipinski definition) is 14. The van der Waals surface area contributed by atoms with Gasteiger partial charge >= 0.3 is 0 Å². The molecule has 0 unspecified atom stereocenters. The molecule has 6 heterocycles. The van der Waals surface area contributed by atoms with Crippen molar-refractivity contribution >= 4 is 57.2 Å². The second-order valence-corrected chi connectivity index (χ2v) is 9.35. The number of fused-ring (bicyclic) bond motifs is 2. The molecule has 0 amide bonds. The Morgan fingerprint density at radius 1 is 0.763 bits per heavy atom. The lowest BCUT2D eigenvalue weighted by Crippen LogP contribution is -2.19. The molecule has 6 rings (SSSR count). The van der Waals surface area contributed by atoms with Crippen LogP contribution < -0.4 is 11.5 Å². The van der Waals surface area contributed by atoms with Gasteiger partial charge in [-0.2, -0.15) is 19.9 Å². The highest BCUT2D eigenvalue weighted by Gasteiger charge is 2.37. The Labute approximate surface area is 223 Å². The van der Waals surface area contributed by atoms with Gasteiger partial charge in [0.1, 0.15) is 23.2 Å². The van der Waals surface area contributed by atoms with E-state index < -0.39 is 36.9 Å². The summed E-state index contributed by atoms with van der Waals surface area (Å²) in [5.41, 5.74) is 13.0. The summed E-state index contributed by atoms with van der Waals surface area (Å²) in [5.74, 6) is 0.333. The summed E-state index contributed by atoms with van der Waals surface area (Å²) in [7, 11) is 0. The Morgan fingerprint density at radius 3 is 1.50 bits per heavy atom. The van der Waals surface area contributed by atoms with E-state index in [1.807, 2.05) is 0 Å². The van der Waals surface area contributed by atoms with Gasteiger partial charge in [-0.05, 0) is 23.2 Å². The third-order valence-electron chi connectivity index (χ3n) is 6.13. The minimum atomic E-state index is -0.760. The lowest BCUT2D eigenvalue weighted by molar-refractivity contribution is -0.0486. The Kier molecular flexibility index (Phi) is 7.47. The van der Waals surface area contributed by atoms with Crippen molar-refractivity contribution in [3.8, 4) is 0 Å². The Hall–Kier alpha value is -2.96. The van der Waals surface area contributed by atoms with Gasteiger partial charge in [-0.1, -0.05) is 0 Å². The first-order valence-corrected chi connectivity index (χ1v) is 12.2. The van der Waals surface area contributed by atoms with Crippen molar-refractivity contribution in [3.05, 3.63) is 23.2 Å². The van der Waals surface area contributed by atoms with Gasteiger partial charge in [0, 0.05) is 12.8 Å². The smallest absolute Gasteiger partial charge is 0.226 e. The molecule has 0 radical (unpaired) electrons. The summed E-state index contributed by atoms with van der Waals surface area (Å²) in [6.07, 6.45) is -0.0860. The van der Waals surface area contributed by atoms with E-state index in [2.05, 4.69) is 29.9 Å². The van der Waals surface area contributed by atoms with Crippen LogP contribution in [0.4, 0.5) is 11.6 Å². The van der Waals surface area contributed by atoms with Crippen molar-refractivity contribution in [1.29, 1.82) is 0 Å². The Balaban J connectivity index is 0.000000155. The highest BCUT2D eigenvalue weighted by molar-refractivity contribution is 6.29. The Morgan fingerprint density at radius 2 is 1.16 bits per heavy atom. The third-order valence-corrected chi connectivity index (χ3v) is 6.47. The number of halogens is 2. The maximum absolute atomic E-state index is 9.97. The summed E-state index contributed by atoms with van der Waals surface area (Å²) in [6.45, 7) is -0.309. The molecule has 0 aliphatic carbocycles. The molecule has 2 aliphatic rings. The van der Waals surface area contributed by atoms with E-state index in [4.69, 9.17) is 54.4 Å². The number of nitrogens with zero attached hydrogens (tertiary/aromatic N) is 8. The summed E-state index contributed by atoms with van der Waals surface area (Å²) in [5, 5.41) is 38.1. The number of rotatable bonds is 4. The second-order valence-electron chi connectivity index (χ2n) is 8.67. The molecule has 0 spiro atoms. The maximum atomic E-state index is 9.97. The largest absolute Gasteiger partial charge is 0.394 e. The predicted molar refractivity (Wildman–Crippen MR) is 133 cm³/mol. The minimum absolute atomic E-state index is 0.00190. The molecule has 4 aromatic rings. The molecule has 38 heavy (non-hydrogen) atoms. The molecule has 204 valence electrons. The lowest BCUT2D eigenvalue weighted by Gasteiger charge is -2.16. The number of aromatic nitrogens is 8. The van der Waals surface area contributed by atoms with Crippen molar-refractivity contribution in [3.63, 3.8) is 0 Å². The van der Waals surface area contributed by atoms with Gasteiger partial charge in [0.15, 0.2) is 35.4 Å². The van der Waals surface area contributed by atoms with Gasteiger partial charge in [0.25, 0.3) is 0 Å². The SMILES string of the molecule is Nc1nc(Cl)nc2c1ncn2[C@@H]1O[C@H](CO)C[C@H]1O.Nc1nc(Cl)nc2c1ncn2[C@@H]1O[C@H](CO)C[C@H]1O. The highest BCUT2D eigenvalue weighted by atomic mass is 35.5. The summed E-state index contributed by atoms with van der Waals surface area (Å²) < 4.78 is 14.1. The van der Waals surface area contributed by atoms with Crippen LogP contribution in [0.5, 0.6) is 0 Å². The zero-order valence-corrected chi connectivity index (χ0v) is 21.1. The fourth-order valence-corrected chi connectivity index (χ4v) is 4.73. The minimum Gasteiger partial charge on any atom is -0.394 e. The van der Waals surface area contributed by atoms with Gasteiger partial charge in [0.2, 0.25) is 10.6 Å². The van der Waals surface area contributed by atoms with E-state index in [1.54, 1.807) is 9.13 Å². The molecule has 2 aliphatic heterocycles. The van der Waals surface area contributed by atoms with E-state index in [1.165, 1.54) is 12.7 Å². The van der Waals surface area contributed by atoms with E-state index in [0.29, 0.717) is 35.2 Å². The molecule has 6 atom stereocenters. The van der Waals surface area contributed by atoms with Crippen LogP contribution in [0.3, 0.4) is 0 Å². The monoisotopic (exact) mass is 570 g/mol. The number of ether oxygens (including phenoxy) is 2. The van der Waals surface area contributed by atoms with E-state index in [-0.39, 0.29) is 35.4 Å². The number of aliphatic hydroxyl groups is 4. The third kappa shape index (κ3) is 4.92. The van der Waals surface area contributed by atoms with Crippen molar-refractivity contribution in [2.24, 2.45) is 0 Å². The number of anilines is 2. The maximum Gasteiger partial charge on any atom is 0.226 e. The van der Waals surface area contributed by atoms with Crippen LogP contribution in [-0.2, 0) is 9.47 Å². The number of aliphatic hydroxyl groups excluding tert-OH is 4. The average Bonchev–Trinajstić information content (AvgIpc) is 3.64. The van der Waals surface area contributed by atoms with Crippen LogP contribution in [0.15, 0.2) is 12.7 Å². The number of nitrogen functional groups attached to an aromatic ring is 2. The van der Waals surface area contributed by atoms with E-state index >= 15 is 0 Å². The highest BCUT2D eigenvalue weighted by Crippen LogP contribution is 2.33. The van der Waals surface area contributed by atoms with Crippen LogP contribution in [0, 0.1) is 0 Å². The lowest BCUT2D eigenvalue weighted by atomic mass is 10.2. The topological polar surface area (TPSA) is 239 Å². The quantitative estimate of drug-likeness (QED) is 0.168. The van der Waals surface area contributed by atoms with Crippen LogP contribution in [0.2, 0.25) is 10.6 Å². The summed E-state index contributed by atoms with van der Waals surface area (Å²) >= 11 is 11.5. The molecule has 2 saturated heterocycles. The zero-order valence-electron chi connectivity index (χ0n) is 19.5. The van der Waals surface area contributed by atoms with Crippen LogP contribution in [0.1, 0.15) is 25.3 Å². The molecule has 0 bridgehead atoms. The Bertz CT molecular complexity index is 1340. The first-order valence-electron chi connectivity index (χ1n) is 11.4. The molecule has 4 aromatic heterocycles. The van der Waals surface area contributed by atoms with Crippen molar-refractivity contribution < 1.29 is 29.9 Å². The molecule has 8 N–H and O–H groups in total. The number of nitrogens with two attached hydrogens (primary N) is 2. The fourth-order valence-electron chi connectivity index (χ4n) is 4.39. The summed E-state index contributed by atoms with van der Waals surface area (Å²) in [6, 6.07) is 0. The first-order chi connectivity index (χ1) is 18.2. The fraction of sp³-hybridized carbons (Fsp3) is 0.500. The van der Waals surface area contributed by atoms with Crippen LogP contribution >= 0.6 is 23.2 Å². The molecule has 2 fully saturated rings. The van der Waals surface area contributed by atoms with Gasteiger partial charge in [-0.25, -0.2) is 9.97 Å². The molecular weight excluding hydrogens is 547 g/mol. The van der Waals surface area contributed by atoms with Gasteiger partial charge < -0.3 is 41.4 Å². The van der Waals surface area contributed by atoms with Gasteiger partial charge in [-0.3, -0.25) is 9.13 Å². The first kappa shape index (κ1) is 26.6. The molecular formula is C20H24Cl2N10O6. The molecule has 0 aromatic carbocycles. The standard InChI is InChI=1S/2C10H12ClN5O3/c2*11-10-14-7(12)6-8(15-10)16(3-13-6)9-5(18)1-4(2-17)19-9/h2*3-5,9,17-18H,1-2H2,(H2,12,14,15)/t2*4-,5+,9+/m00/s1. The molecule has 18 heteroatoms. The molecule has 0 saturated carbocycles. The molecule has 16 nitrogen and oxygen atoms in total. The van der Waals surface area contributed by atoms with Crippen LogP contribution in [-0.4, -0.2) is 97.1 Å². The number of imidazole rings is 2. The van der Waals surface area contributed by atoms with E-state index in [0.717, 1.165) is 0 Å². The van der Waals surface area contributed by atoms with E-state index in [9.17, 15) is 10.2 Å². The van der Waals surface area contributed by atoms with Gasteiger partial charge in [0.05, 0.1) is 38.1 Å². The van der Waals surface area contributed by atoms with Crippen LogP contribution in [0.25, 0.3) is 22.3 Å². The summed E-state index contributed by atoms with van der Waals surface area (Å²) in [4.78, 5) is 23.9. The normalized spacial score (nSPS) is 27.2.